The van der Waals surface area contributed by atoms with Gasteiger partial charge in [-0.25, -0.2) is 13.6 Å². The number of anilines is 1. The van der Waals surface area contributed by atoms with Crippen molar-refractivity contribution in [2.75, 3.05) is 5.32 Å². The number of nitrogens with two attached hydrogens (primary N) is 1. The summed E-state index contributed by atoms with van der Waals surface area (Å²) in [4.78, 5) is 12.4. The summed E-state index contributed by atoms with van der Waals surface area (Å²) in [6.07, 6.45) is 0. The van der Waals surface area contributed by atoms with Crippen molar-refractivity contribution in [3.63, 3.8) is 0 Å². The van der Waals surface area contributed by atoms with Crippen molar-refractivity contribution >= 4 is 44.6 Å². The second-order valence-corrected chi connectivity index (χ2v) is 6.96. The van der Waals surface area contributed by atoms with E-state index in [1.165, 1.54) is 23.5 Å². The molecule has 1 aromatic heterocycles. The number of rotatable bonds is 3. The Bertz CT molecular complexity index is 769. The maximum atomic E-state index is 12.0. The summed E-state index contributed by atoms with van der Waals surface area (Å²) >= 11 is 7.08. The SMILES string of the molecule is Cc1ccc(S(N)(=O)=O)cc1NC(=O)c1sccc1Cl. The molecule has 2 rings (SSSR count). The van der Waals surface area contributed by atoms with Crippen LogP contribution in [0.5, 0.6) is 0 Å². The van der Waals surface area contributed by atoms with E-state index >= 15 is 0 Å². The van der Waals surface area contributed by atoms with Gasteiger partial charge in [0.1, 0.15) is 4.88 Å². The molecule has 2 aromatic rings. The van der Waals surface area contributed by atoms with Gasteiger partial charge in [0.2, 0.25) is 10.0 Å². The Kier molecular flexibility index (Phi) is 4.14. The second-order valence-electron chi connectivity index (χ2n) is 4.07. The molecule has 1 heterocycles. The van der Waals surface area contributed by atoms with Gasteiger partial charge >= 0.3 is 0 Å². The van der Waals surface area contributed by atoms with Gasteiger partial charge in [0, 0.05) is 5.69 Å². The van der Waals surface area contributed by atoms with Crippen molar-refractivity contribution in [2.45, 2.75) is 11.8 Å². The standard InChI is InChI=1S/C12H11ClN2O3S2/c1-7-2-3-8(20(14,17)18)6-10(7)15-12(16)11-9(13)4-5-19-11/h2-6H,1H3,(H,15,16)(H2,14,17,18). The molecule has 0 aliphatic carbocycles. The number of hydrogen-bond acceptors (Lipinski definition) is 4. The molecule has 0 fully saturated rings. The number of halogens is 1. The fourth-order valence-corrected chi connectivity index (χ4v) is 3.12. The Morgan fingerprint density at radius 2 is 2.05 bits per heavy atom. The van der Waals surface area contributed by atoms with E-state index in [1.54, 1.807) is 24.4 Å². The normalized spacial score (nSPS) is 11.3. The van der Waals surface area contributed by atoms with Crippen LogP contribution in [0.25, 0.3) is 0 Å². The van der Waals surface area contributed by atoms with Crippen LogP contribution in [0.2, 0.25) is 5.02 Å². The molecule has 0 aliphatic heterocycles. The largest absolute Gasteiger partial charge is 0.321 e. The average Bonchev–Trinajstić information content (AvgIpc) is 2.77. The van der Waals surface area contributed by atoms with Crippen molar-refractivity contribution in [2.24, 2.45) is 5.14 Å². The van der Waals surface area contributed by atoms with Gasteiger partial charge in [0.15, 0.2) is 0 Å². The zero-order valence-electron chi connectivity index (χ0n) is 10.4. The Morgan fingerprint density at radius 1 is 1.35 bits per heavy atom. The highest BCUT2D eigenvalue weighted by Gasteiger charge is 2.15. The fraction of sp³-hybridized carbons (Fsp3) is 0.0833. The van der Waals surface area contributed by atoms with Gasteiger partial charge in [-0.05, 0) is 36.1 Å². The van der Waals surface area contributed by atoms with Crippen LogP contribution in [0.15, 0.2) is 34.5 Å². The highest BCUT2D eigenvalue weighted by atomic mass is 35.5. The molecule has 5 nitrogen and oxygen atoms in total. The lowest BCUT2D eigenvalue weighted by molar-refractivity contribution is 0.103. The van der Waals surface area contributed by atoms with E-state index < -0.39 is 10.0 Å². The summed E-state index contributed by atoms with van der Waals surface area (Å²) in [6, 6.07) is 5.91. The zero-order valence-corrected chi connectivity index (χ0v) is 12.8. The Hall–Kier alpha value is -1.41. The molecule has 0 aliphatic rings. The monoisotopic (exact) mass is 330 g/mol. The van der Waals surface area contributed by atoms with Gasteiger partial charge in [-0.2, -0.15) is 0 Å². The van der Waals surface area contributed by atoms with Gasteiger partial charge in [0.25, 0.3) is 5.91 Å². The Balaban J connectivity index is 2.34. The van der Waals surface area contributed by atoms with Crippen LogP contribution >= 0.6 is 22.9 Å². The molecule has 0 atom stereocenters. The van der Waals surface area contributed by atoms with Crippen molar-refractivity contribution < 1.29 is 13.2 Å². The number of carbonyl (C=O) groups is 1. The van der Waals surface area contributed by atoms with Gasteiger partial charge in [-0.15, -0.1) is 11.3 Å². The molecule has 1 aromatic carbocycles. The highest BCUT2D eigenvalue weighted by Crippen LogP contribution is 2.25. The number of primary sulfonamides is 1. The molecular weight excluding hydrogens is 320 g/mol. The maximum Gasteiger partial charge on any atom is 0.267 e. The molecule has 8 heteroatoms. The minimum Gasteiger partial charge on any atom is -0.321 e. The lowest BCUT2D eigenvalue weighted by atomic mass is 10.2. The van der Waals surface area contributed by atoms with Crippen LogP contribution in [0.1, 0.15) is 15.2 Å². The first-order chi connectivity index (χ1) is 9.29. The van der Waals surface area contributed by atoms with E-state index in [-0.39, 0.29) is 10.8 Å². The summed E-state index contributed by atoms with van der Waals surface area (Å²) in [7, 11) is -3.81. The maximum absolute atomic E-state index is 12.0. The third-order valence-electron chi connectivity index (χ3n) is 2.61. The highest BCUT2D eigenvalue weighted by molar-refractivity contribution is 7.89. The van der Waals surface area contributed by atoms with Crippen LogP contribution in [-0.2, 0) is 10.0 Å². The molecule has 0 saturated carbocycles. The second kappa shape index (κ2) is 5.53. The summed E-state index contributed by atoms with van der Waals surface area (Å²) in [5, 5.41) is 9.75. The van der Waals surface area contributed by atoms with E-state index in [1.807, 2.05) is 0 Å². The van der Waals surface area contributed by atoms with E-state index in [0.717, 1.165) is 5.56 Å². The number of carbonyl (C=O) groups excluding carboxylic acids is 1. The number of thiophene rings is 1. The fourth-order valence-electron chi connectivity index (χ4n) is 1.55. The molecule has 106 valence electrons. The number of nitrogens with one attached hydrogen (secondary N) is 1. The lowest BCUT2D eigenvalue weighted by Crippen LogP contribution is -2.15. The van der Waals surface area contributed by atoms with Gasteiger partial charge in [-0.1, -0.05) is 17.7 Å². The third-order valence-corrected chi connectivity index (χ3v) is 4.86. The predicted octanol–water partition coefficient (Wildman–Crippen LogP) is 2.61. The van der Waals surface area contributed by atoms with Crippen molar-refractivity contribution in [1.82, 2.24) is 0 Å². The molecule has 0 spiro atoms. The van der Waals surface area contributed by atoms with Crippen LogP contribution in [0.4, 0.5) is 5.69 Å². The summed E-state index contributed by atoms with van der Waals surface area (Å²) < 4.78 is 22.6. The first kappa shape index (κ1) is 15.0. The number of amides is 1. The van der Waals surface area contributed by atoms with Crippen molar-refractivity contribution in [3.8, 4) is 0 Å². The molecule has 0 unspecified atom stereocenters. The van der Waals surface area contributed by atoms with Gasteiger partial charge in [-0.3, -0.25) is 4.79 Å². The Morgan fingerprint density at radius 3 is 2.60 bits per heavy atom. The molecule has 0 bridgehead atoms. The molecule has 0 radical (unpaired) electrons. The van der Waals surface area contributed by atoms with E-state index in [0.29, 0.717) is 15.6 Å². The minimum absolute atomic E-state index is 0.0596. The van der Waals surface area contributed by atoms with Crippen molar-refractivity contribution in [3.05, 3.63) is 45.1 Å². The predicted molar refractivity (Wildman–Crippen MR) is 79.8 cm³/mol. The first-order valence-electron chi connectivity index (χ1n) is 5.47. The zero-order chi connectivity index (χ0) is 14.9. The van der Waals surface area contributed by atoms with Crippen molar-refractivity contribution in [1.29, 1.82) is 0 Å². The van der Waals surface area contributed by atoms with Crippen LogP contribution < -0.4 is 10.5 Å². The number of benzene rings is 1. The molecule has 3 N–H and O–H groups in total. The summed E-state index contributed by atoms with van der Waals surface area (Å²) in [5.74, 6) is -0.389. The lowest BCUT2D eigenvalue weighted by Gasteiger charge is -2.09. The Labute approximate surface area is 125 Å². The van der Waals surface area contributed by atoms with Crippen LogP contribution in [-0.4, -0.2) is 14.3 Å². The average molecular weight is 331 g/mol. The van der Waals surface area contributed by atoms with Gasteiger partial charge < -0.3 is 5.32 Å². The quantitative estimate of drug-likeness (QED) is 0.906. The summed E-state index contributed by atoms with van der Waals surface area (Å²) in [6.45, 7) is 1.75. The number of hydrogen-bond donors (Lipinski definition) is 2. The minimum atomic E-state index is -3.81. The molecule has 1 amide bonds. The van der Waals surface area contributed by atoms with Crippen LogP contribution in [0.3, 0.4) is 0 Å². The van der Waals surface area contributed by atoms with Gasteiger partial charge in [0.05, 0.1) is 9.92 Å². The van der Waals surface area contributed by atoms with Crippen LogP contribution in [0, 0.1) is 6.92 Å². The molecule has 20 heavy (non-hydrogen) atoms. The molecule has 0 saturated heterocycles. The molecular formula is C12H11ClN2O3S2. The van der Waals surface area contributed by atoms with E-state index in [2.05, 4.69) is 5.32 Å². The number of sulfonamides is 1. The third kappa shape index (κ3) is 3.18. The van der Waals surface area contributed by atoms with E-state index in [9.17, 15) is 13.2 Å². The first-order valence-corrected chi connectivity index (χ1v) is 8.27. The van der Waals surface area contributed by atoms with E-state index in [4.69, 9.17) is 16.7 Å². The topological polar surface area (TPSA) is 89.3 Å². The summed E-state index contributed by atoms with van der Waals surface area (Å²) in [5.41, 5.74) is 1.10. The smallest absolute Gasteiger partial charge is 0.267 e. The number of aryl methyl sites for hydroxylation is 1.